The molecule has 0 aliphatic heterocycles. The van der Waals surface area contributed by atoms with Crippen LogP contribution in [-0.2, 0) is 4.79 Å². The second-order valence-corrected chi connectivity index (χ2v) is 9.08. The van der Waals surface area contributed by atoms with E-state index in [0.717, 1.165) is 20.5 Å². The number of benzene rings is 2. The van der Waals surface area contributed by atoms with Crippen molar-refractivity contribution in [2.45, 2.75) is 26.3 Å². The molecule has 152 valence electrons. The SMILES string of the molecule is CCC(C(=O)Nc1ccccc1)n1cnc2sc(C)c(-c3ccc(Br)cc3)c2c1=O. The number of rotatable bonds is 5. The molecule has 0 bridgehead atoms. The molecule has 1 amide bonds. The largest absolute Gasteiger partial charge is 0.324 e. The van der Waals surface area contributed by atoms with Gasteiger partial charge in [-0.1, -0.05) is 53.2 Å². The number of anilines is 1. The fraction of sp³-hybridized carbons (Fsp3) is 0.174. The summed E-state index contributed by atoms with van der Waals surface area (Å²) in [6.07, 6.45) is 1.97. The zero-order valence-electron chi connectivity index (χ0n) is 16.6. The van der Waals surface area contributed by atoms with Crippen molar-refractivity contribution in [3.8, 4) is 11.1 Å². The first-order valence-electron chi connectivity index (χ1n) is 9.61. The van der Waals surface area contributed by atoms with Gasteiger partial charge in [0, 0.05) is 20.6 Å². The molecule has 2 aromatic heterocycles. The minimum Gasteiger partial charge on any atom is -0.324 e. The second kappa shape index (κ2) is 8.53. The van der Waals surface area contributed by atoms with Crippen LogP contribution in [0.15, 0.2) is 70.2 Å². The number of amides is 1. The zero-order valence-corrected chi connectivity index (χ0v) is 19.0. The molecule has 0 saturated carbocycles. The number of nitrogens with zero attached hydrogens (tertiary/aromatic N) is 2. The number of para-hydroxylation sites is 1. The molecule has 4 rings (SSSR count). The molecule has 0 aliphatic carbocycles. The van der Waals surface area contributed by atoms with Gasteiger partial charge in [-0.2, -0.15) is 0 Å². The van der Waals surface area contributed by atoms with E-state index < -0.39 is 6.04 Å². The molecule has 4 aromatic rings. The van der Waals surface area contributed by atoms with Crippen molar-refractivity contribution in [1.82, 2.24) is 9.55 Å². The average Bonchev–Trinajstić information content (AvgIpc) is 3.08. The van der Waals surface area contributed by atoms with Gasteiger partial charge >= 0.3 is 0 Å². The molecule has 1 atom stereocenters. The predicted molar refractivity (Wildman–Crippen MR) is 126 cm³/mol. The number of aryl methyl sites for hydroxylation is 1. The zero-order chi connectivity index (χ0) is 21.3. The van der Waals surface area contributed by atoms with E-state index in [1.165, 1.54) is 22.2 Å². The van der Waals surface area contributed by atoms with Gasteiger partial charge in [0.05, 0.1) is 11.7 Å². The van der Waals surface area contributed by atoms with Gasteiger partial charge in [0.15, 0.2) is 0 Å². The van der Waals surface area contributed by atoms with Gasteiger partial charge < -0.3 is 5.32 Å². The fourth-order valence-corrected chi connectivity index (χ4v) is 4.82. The maximum absolute atomic E-state index is 13.5. The Bertz CT molecular complexity index is 1260. The number of fused-ring (bicyclic) bond motifs is 1. The third-order valence-corrected chi connectivity index (χ3v) is 6.55. The summed E-state index contributed by atoms with van der Waals surface area (Å²) in [7, 11) is 0. The van der Waals surface area contributed by atoms with Gasteiger partial charge in [0.1, 0.15) is 10.9 Å². The van der Waals surface area contributed by atoms with Gasteiger partial charge in [-0.25, -0.2) is 4.98 Å². The van der Waals surface area contributed by atoms with Crippen LogP contribution < -0.4 is 10.9 Å². The first-order chi connectivity index (χ1) is 14.5. The Hall–Kier alpha value is -2.77. The van der Waals surface area contributed by atoms with Crippen molar-refractivity contribution >= 4 is 49.1 Å². The number of carbonyl (C=O) groups excluding carboxylic acids is 1. The molecule has 30 heavy (non-hydrogen) atoms. The number of aromatic nitrogens is 2. The number of nitrogens with one attached hydrogen (secondary N) is 1. The highest BCUT2D eigenvalue weighted by molar-refractivity contribution is 9.10. The molecule has 0 spiro atoms. The molecule has 2 aromatic carbocycles. The minimum absolute atomic E-state index is 0.197. The molecular formula is C23H20BrN3O2S. The van der Waals surface area contributed by atoms with Crippen LogP contribution in [0.3, 0.4) is 0 Å². The third-order valence-electron chi connectivity index (χ3n) is 5.01. The summed E-state index contributed by atoms with van der Waals surface area (Å²) in [5.74, 6) is -0.232. The summed E-state index contributed by atoms with van der Waals surface area (Å²) in [5.41, 5.74) is 2.34. The summed E-state index contributed by atoms with van der Waals surface area (Å²) in [5, 5.41) is 3.46. The number of carbonyl (C=O) groups is 1. The molecule has 2 heterocycles. The van der Waals surface area contributed by atoms with Crippen molar-refractivity contribution in [2.24, 2.45) is 0 Å². The monoisotopic (exact) mass is 481 g/mol. The van der Waals surface area contributed by atoms with Crippen LogP contribution in [0.5, 0.6) is 0 Å². The van der Waals surface area contributed by atoms with E-state index in [4.69, 9.17) is 0 Å². The lowest BCUT2D eigenvalue weighted by Crippen LogP contribution is -2.33. The first kappa shape index (κ1) is 20.5. The number of hydrogen-bond donors (Lipinski definition) is 1. The molecule has 1 unspecified atom stereocenters. The Morgan fingerprint density at radius 2 is 1.87 bits per heavy atom. The lowest BCUT2D eigenvalue weighted by Gasteiger charge is -2.17. The normalized spacial score (nSPS) is 12.1. The lowest BCUT2D eigenvalue weighted by molar-refractivity contribution is -0.119. The molecule has 0 aliphatic rings. The quantitative estimate of drug-likeness (QED) is 0.392. The lowest BCUT2D eigenvalue weighted by atomic mass is 10.0. The minimum atomic E-state index is -0.646. The summed E-state index contributed by atoms with van der Waals surface area (Å²) in [4.78, 5) is 32.7. The molecule has 1 N–H and O–H groups in total. The number of thiophene rings is 1. The van der Waals surface area contributed by atoms with Crippen molar-refractivity contribution in [3.05, 3.63) is 80.6 Å². The Kier molecular flexibility index (Phi) is 5.83. The van der Waals surface area contributed by atoms with Crippen LogP contribution in [0.4, 0.5) is 5.69 Å². The highest BCUT2D eigenvalue weighted by atomic mass is 79.9. The van der Waals surface area contributed by atoms with Gasteiger partial charge in [0.25, 0.3) is 5.56 Å². The van der Waals surface area contributed by atoms with Crippen LogP contribution in [0.25, 0.3) is 21.3 Å². The highest BCUT2D eigenvalue weighted by Crippen LogP contribution is 2.36. The van der Waals surface area contributed by atoms with E-state index in [0.29, 0.717) is 22.3 Å². The maximum Gasteiger partial charge on any atom is 0.263 e. The van der Waals surface area contributed by atoms with Crippen LogP contribution in [0.2, 0.25) is 0 Å². The van der Waals surface area contributed by atoms with E-state index in [1.807, 2.05) is 68.4 Å². The number of hydrogen-bond acceptors (Lipinski definition) is 4. The highest BCUT2D eigenvalue weighted by Gasteiger charge is 2.24. The maximum atomic E-state index is 13.5. The van der Waals surface area contributed by atoms with Gasteiger partial charge in [0.2, 0.25) is 5.91 Å². The summed E-state index contributed by atoms with van der Waals surface area (Å²) in [6, 6.07) is 16.5. The smallest absolute Gasteiger partial charge is 0.263 e. The molecular weight excluding hydrogens is 462 g/mol. The second-order valence-electron chi connectivity index (χ2n) is 6.96. The first-order valence-corrected chi connectivity index (χ1v) is 11.2. The summed E-state index contributed by atoms with van der Waals surface area (Å²) >= 11 is 4.95. The van der Waals surface area contributed by atoms with Gasteiger partial charge in [-0.15, -0.1) is 11.3 Å². The molecule has 5 nitrogen and oxygen atoms in total. The molecule has 7 heteroatoms. The summed E-state index contributed by atoms with van der Waals surface area (Å²) < 4.78 is 2.43. The van der Waals surface area contributed by atoms with Crippen molar-refractivity contribution in [2.75, 3.05) is 5.32 Å². The standard InChI is InChI=1S/C23H20BrN3O2S/c1-3-18(21(28)26-17-7-5-4-6-8-17)27-13-25-22-20(23(27)29)19(14(2)30-22)15-9-11-16(24)12-10-15/h4-13,18H,3H2,1-2H3,(H,26,28). The van der Waals surface area contributed by atoms with Crippen molar-refractivity contribution < 1.29 is 4.79 Å². The van der Waals surface area contributed by atoms with Crippen LogP contribution in [-0.4, -0.2) is 15.5 Å². The van der Waals surface area contributed by atoms with Crippen LogP contribution in [0, 0.1) is 6.92 Å². The Labute approximate surface area is 186 Å². The molecule has 0 fully saturated rings. The van der Waals surface area contributed by atoms with E-state index in [2.05, 4.69) is 26.2 Å². The van der Waals surface area contributed by atoms with E-state index in [9.17, 15) is 9.59 Å². The number of halogens is 1. The molecule has 0 saturated heterocycles. The Morgan fingerprint density at radius 3 is 2.53 bits per heavy atom. The van der Waals surface area contributed by atoms with Crippen molar-refractivity contribution in [1.29, 1.82) is 0 Å². The van der Waals surface area contributed by atoms with Crippen LogP contribution >= 0.6 is 27.3 Å². The van der Waals surface area contributed by atoms with Crippen molar-refractivity contribution in [3.63, 3.8) is 0 Å². The van der Waals surface area contributed by atoms with Gasteiger partial charge in [-0.3, -0.25) is 14.2 Å². The van der Waals surface area contributed by atoms with Crippen LogP contribution in [0.1, 0.15) is 24.3 Å². The van der Waals surface area contributed by atoms with E-state index in [-0.39, 0.29) is 11.5 Å². The Morgan fingerprint density at radius 1 is 1.17 bits per heavy atom. The third kappa shape index (κ3) is 3.82. The average molecular weight is 482 g/mol. The van der Waals surface area contributed by atoms with E-state index >= 15 is 0 Å². The fourth-order valence-electron chi connectivity index (χ4n) is 3.56. The van der Waals surface area contributed by atoms with E-state index in [1.54, 1.807) is 0 Å². The molecule has 0 radical (unpaired) electrons. The topological polar surface area (TPSA) is 64.0 Å². The predicted octanol–water partition coefficient (Wildman–Crippen LogP) is 5.79. The summed E-state index contributed by atoms with van der Waals surface area (Å²) in [6.45, 7) is 3.88. The van der Waals surface area contributed by atoms with Gasteiger partial charge in [-0.05, 0) is 43.2 Å². The Balaban J connectivity index is 1.80.